The maximum Gasteiger partial charge on any atom is 0.311 e. The van der Waals surface area contributed by atoms with E-state index in [9.17, 15) is 19.2 Å². The number of esters is 3. The fourth-order valence-corrected chi connectivity index (χ4v) is 3.43. The fourth-order valence-electron chi connectivity index (χ4n) is 3.43. The third-order valence-corrected chi connectivity index (χ3v) is 5.19. The molecule has 0 heterocycles. The molecule has 0 aliphatic heterocycles. The predicted octanol–water partition coefficient (Wildman–Crippen LogP) is 4.21. The molecular weight excluding hydrogens is 412 g/mol. The molecule has 0 aromatic heterocycles. The molecule has 1 aliphatic rings. The first-order chi connectivity index (χ1) is 15.4. The molecule has 3 aromatic carbocycles. The summed E-state index contributed by atoms with van der Waals surface area (Å²) in [6.45, 7) is 5.00. The zero-order chi connectivity index (χ0) is 23.0. The van der Waals surface area contributed by atoms with E-state index in [1.54, 1.807) is 51.5 Å². The molecule has 1 radical (unpaired) electrons. The van der Waals surface area contributed by atoms with Gasteiger partial charge in [0.2, 0.25) is 0 Å². The van der Waals surface area contributed by atoms with Crippen LogP contribution in [0.1, 0.15) is 51.2 Å². The lowest BCUT2D eigenvalue weighted by Gasteiger charge is -2.11. The molecule has 3 aromatic rings. The summed E-state index contributed by atoms with van der Waals surface area (Å²) in [4.78, 5) is 48.7. The Kier molecular flexibility index (Phi) is 5.65. The van der Waals surface area contributed by atoms with Gasteiger partial charge in [-0.25, -0.2) is 0 Å². The van der Waals surface area contributed by atoms with E-state index in [4.69, 9.17) is 14.2 Å². The van der Waals surface area contributed by atoms with Crippen LogP contribution in [-0.4, -0.2) is 17.9 Å². The maximum absolute atomic E-state index is 13.1. The van der Waals surface area contributed by atoms with E-state index in [1.807, 2.05) is 0 Å². The van der Waals surface area contributed by atoms with Crippen LogP contribution in [0.4, 0.5) is 0 Å². The monoisotopic (exact) mass is 433 g/mol. The zero-order valence-corrected chi connectivity index (χ0v) is 17.9. The first kappa shape index (κ1) is 21.5. The quantitative estimate of drug-likeness (QED) is 0.332. The lowest BCUT2D eigenvalue weighted by atomic mass is 10.0. The minimum Gasteiger partial charge on any atom is -0.427 e. The average Bonchev–Trinajstić information content (AvgIpc) is 3.60. The Hall–Kier alpha value is -3.74. The van der Waals surface area contributed by atoms with E-state index in [0.717, 1.165) is 10.9 Å². The molecule has 7 heteroatoms. The maximum atomic E-state index is 13.1. The Morgan fingerprint density at radius 1 is 0.656 bits per heavy atom. The molecule has 4 rings (SSSR count). The van der Waals surface area contributed by atoms with Gasteiger partial charge in [0.1, 0.15) is 5.75 Å². The minimum absolute atomic E-state index is 0.0190. The van der Waals surface area contributed by atoms with Crippen LogP contribution in [0.2, 0.25) is 0 Å². The van der Waals surface area contributed by atoms with Crippen molar-refractivity contribution in [1.29, 1.82) is 0 Å². The summed E-state index contributed by atoms with van der Waals surface area (Å²) >= 11 is 0. The van der Waals surface area contributed by atoms with Gasteiger partial charge in [0.25, 0.3) is 0 Å². The predicted molar refractivity (Wildman–Crippen MR) is 118 cm³/mol. The van der Waals surface area contributed by atoms with E-state index in [-0.39, 0.29) is 42.2 Å². The number of hydrogen-bond donors (Lipinski definition) is 0. The smallest absolute Gasteiger partial charge is 0.311 e. The second-order valence-corrected chi connectivity index (χ2v) is 7.34. The first-order valence-corrected chi connectivity index (χ1v) is 10.4. The second-order valence-electron chi connectivity index (χ2n) is 7.34. The van der Waals surface area contributed by atoms with Gasteiger partial charge in [-0.3, -0.25) is 19.2 Å². The Balaban J connectivity index is 1.99. The van der Waals surface area contributed by atoms with Crippen molar-refractivity contribution in [3.8, 4) is 17.2 Å². The van der Waals surface area contributed by atoms with E-state index in [2.05, 4.69) is 0 Å². The van der Waals surface area contributed by atoms with Crippen LogP contribution in [0.5, 0.6) is 17.2 Å². The number of rotatable bonds is 6. The number of carbonyl (C=O) groups excluding carboxylic acids is 3. The van der Waals surface area contributed by atoms with Crippen molar-refractivity contribution in [1.82, 2.24) is 0 Å². The molecule has 0 fully saturated rings. The van der Waals surface area contributed by atoms with E-state index >= 15 is 0 Å². The number of fused-ring (bicyclic) bond motifs is 5. The zero-order valence-electron chi connectivity index (χ0n) is 17.9. The van der Waals surface area contributed by atoms with Gasteiger partial charge in [-0.1, -0.05) is 26.8 Å². The largest absolute Gasteiger partial charge is 0.427 e. The number of benzene rings is 2. The first-order valence-electron chi connectivity index (χ1n) is 10.4. The molecule has 1 aliphatic carbocycles. The van der Waals surface area contributed by atoms with Gasteiger partial charge in [0, 0.05) is 36.6 Å². The highest BCUT2D eigenvalue weighted by Gasteiger charge is 2.27. The molecule has 7 nitrogen and oxygen atoms in total. The molecule has 32 heavy (non-hydrogen) atoms. The topological polar surface area (TPSA) is 96.0 Å². The van der Waals surface area contributed by atoms with Gasteiger partial charge in [-0.2, -0.15) is 0 Å². The van der Waals surface area contributed by atoms with Crippen molar-refractivity contribution in [3.63, 3.8) is 0 Å². The van der Waals surface area contributed by atoms with Crippen LogP contribution < -0.4 is 19.6 Å². The van der Waals surface area contributed by atoms with Crippen molar-refractivity contribution in [2.24, 2.45) is 0 Å². The molecule has 0 atom stereocenters. The second kappa shape index (κ2) is 8.42. The van der Waals surface area contributed by atoms with Crippen molar-refractivity contribution in [3.05, 3.63) is 58.1 Å². The average molecular weight is 433 g/mol. The minimum atomic E-state index is -0.513. The summed E-state index contributed by atoms with van der Waals surface area (Å²) in [7, 11) is 0. The standard InChI is InChI=1S/C25H21O7/c1-4-22(26)30-13-7-8-14-15(9-13)16-10-18(16)25(29)19-12-21(32-24(28)6-3)20(11-17(14)19)31-23(27)5-2/h7-12H,4-6H2,1-3H3. The van der Waals surface area contributed by atoms with Gasteiger partial charge in [-0.05, 0) is 46.0 Å². The van der Waals surface area contributed by atoms with Crippen LogP contribution in [0.3, 0.4) is 0 Å². The van der Waals surface area contributed by atoms with Crippen molar-refractivity contribution in [2.45, 2.75) is 40.0 Å². The molecule has 0 unspecified atom stereocenters. The number of ether oxygens (including phenoxy) is 3. The Morgan fingerprint density at radius 3 is 1.81 bits per heavy atom. The molecule has 0 N–H and O–H groups in total. The van der Waals surface area contributed by atoms with Crippen LogP contribution in [0.15, 0.2) is 35.1 Å². The van der Waals surface area contributed by atoms with Crippen LogP contribution >= 0.6 is 0 Å². The fraction of sp³-hybridized carbons (Fsp3) is 0.240. The Bertz CT molecular complexity index is 1350. The number of carbonyl (C=O) groups is 3. The van der Waals surface area contributed by atoms with Crippen molar-refractivity contribution >= 4 is 39.5 Å². The molecule has 0 saturated carbocycles. The van der Waals surface area contributed by atoms with Crippen LogP contribution in [0, 0.1) is 6.42 Å². The van der Waals surface area contributed by atoms with Crippen LogP contribution in [-0.2, 0) is 14.4 Å². The van der Waals surface area contributed by atoms with Crippen molar-refractivity contribution in [2.75, 3.05) is 0 Å². The van der Waals surface area contributed by atoms with Gasteiger partial charge < -0.3 is 14.2 Å². The van der Waals surface area contributed by atoms with E-state index in [1.165, 1.54) is 6.07 Å². The highest BCUT2D eigenvalue weighted by Crippen LogP contribution is 2.41. The molecule has 0 spiro atoms. The summed E-state index contributed by atoms with van der Waals surface area (Å²) < 4.78 is 16.1. The third kappa shape index (κ3) is 3.93. The molecule has 0 bridgehead atoms. The summed E-state index contributed by atoms with van der Waals surface area (Å²) in [5.74, 6) is -0.913. The van der Waals surface area contributed by atoms with Crippen molar-refractivity contribution < 1.29 is 28.6 Å². The highest BCUT2D eigenvalue weighted by atomic mass is 16.6. The summed E-state index contributed by atoms with van der Waals surface area (Å²) in [6.07, 6.45) is 2.25. The van der Waals surface area contributed by atoms with E-state index in [0.29, 0.717) is 27.5 Å². The molecule has 0 amide bonds. The normalized spacial score (nSPS) is 11.7. The lowest BCUT2D eigenvalue weighted by Crippen LogP contribution is -2.11. The summed E-state index contributed by atoms with van der Waals surface area (Å²) in [5, 5.41) is 2.32. The molecule has 0 saturated heterocycles. The van der Waals surface area contributed by atoms with Gasteiger partial charge in [0.15, 0.2) is 16.9 Å². The van der Waals surface area contributed by atoms with E-state index < -0.39 is 11.9 Å². The van der Waals surface area contributed by atoms with Gasteiger partial charge in [0.05, 0.1) is 0 Å². The third-order valence-electron chi connectivity index (χ3n) is 5.19. The van der Waals surface area contributed by atoms with Crippen LogP contribution in [0.25, 0.3) is 21.5 Å². The molecule has 163 valence electrons. The Labute approximate surface area is 183 Å². The summed E-state index contributed by atoms with van der Waals surface area (Å²) in [5.41, 5.74) is 1.07. The number of hydrogen-bond acceptors (Lipinski definition) is 7. The SMILES string of the molecule is CCC(=O)Oc1ccc2c(c1)c1c(c(=O)c3cc(OC(=O)CC)c(OC(=O)CC)cc32)[CH]1. The summed E-state index contributed by atoms with van der Waals surface area (Å²) in [6, 6.07) is 8.11. The van der Waals surface area contributed by atoms with Gasteiger partial charge in [-0.15, -0.1) is 0 Å². The highest BCUT2D eigenvalue weighted by molar-refractivity contribution is 6.11. The Morgan fingerprint density at radius 2 is 1.22 bits per heavy atom. The lowest BCUT2D eigenvalue weighted by molar-refractivity contribution is -0.136. The molecular formula is C25H21O7. The van der Waals surface area contributed by atoms with Gasteiger partial charge >= 0.3 is 17.9 Å².